The largest absolute Gasteiger partial charge is 0.744 e. The molecule has 0 saturated carbocycles. The monoisotopic (exact) mass is 377 g/mol. The molecule has 3 aromatic rings. The number of hydrogen-bond acceptors (Lipinski definition) is 4. The molecule has 2 aromatic carbocycles. The maximum atomic E-state index is 12.6. The lowest BCUT2D eigenvalue weighted by molar-refractivity contribution is 0.595. The normalized spacial score (nSPS) is 11.5. The van der Waals surface area contributed by atoms with Crippen LogP contribution in [0, 0.1) is 5.21 Å². The molecule has 0 aliphatic rings. The summed E-state index contributed by atoms with van der Waals surface area (Å²) in [6, 6.07) is 14.5. The fourth-order valence-corrected chi connectivity index (χ4v) is 4.16. The molecule has 0 amide bonds. The Kier molecular flexibility index (Phi) is 3.86. The highest BCUT2D eigenvalue weighted by Crippen LogP contribution is 2.31. The predicted octanol–water partition coefficient (Wildman–Crippen LogP) is 3.69. The first-order valence-corrected chi connectivity index (χ1v) is 8.56. The van der Waals surface area contributed by atoms with Gasteiger partial charge in [0.05, 0.1) is 11.2 Å². The Hall–Kier alpha value is -1.96. The Morgan fingerprint density at radius 1 is 1.00 bits per heavy atom. The second-order valence-electron chi connectivity index (χ2n) is 4.51. The molecule has 0 bridgehead atoms. The quantitative estimate of drug-likeness (QED) is 0.652. The first kappa shape index (κ1) is 15.0. The Labute approximate surface area is 136 Å². The van der Waals surface area contributed by atoms with Crippen LogP contribution in [0.4, 0.5) is 5.69 Å². The molecular formula is C15H10BrN2O3S-. The zero-order valence-electron chi connectivity index (χ0n) is 11.2. The van der Waals surface area contributed by atoms with Crippen LogP contribution in [0.3, 0.4) is 0 Å². The summed E-state index contributed by atoms with van der Waals surface area (Å²) in [5.74, 6) is 0. The number of hydrogen-bond donors (Lipinski definition) is 0. The SMILES string of the molecule is O=S(=O)(c1ccccc1Br)N([O-])c1cccc2cccnc12. The second-order valence-corrected chi connectivity index (χ2v) is 7.09. The highest BCUT2D eigenvalue weighted by Gasteiger charge is 2.21. The molecule has 0 unspecified atom stereocenters. The lowest BCUT2D eigenvalue weighted by atomic mass is 10.2. The van der Waals surface area contributed by atoms with Crippen LogP contribution in [0.25, 0.3) is 10.9 Å². The van der Waals surface area contributed by atoms with Gasteiger partial charge in [-0.25, -0.2) is 8.42 Å². The lowest BCUT2D eigenvalue weighted by Gasteiger charge is -2.30. The summed E-state index contributed by atoms with van der Waals surface area (Å²) in [6.45, 7) is 0. The maximum absolute atomic E-state index is 12.6. The van der Waals surface area contributed by atoms with Crippen molar-refractivity contribution in [2.45, 2.75) is 4.90 Å². The molecule has 22 heavy (non-hydrogen) atoms. The highest BCUT2D eigenvalue weighted by molar-refractivity contribution is 9.10. The fraction of sp³-hybridized carbons (Fsp3) is 0. The fourth-order valence-electron chi connectivity index (χ4n) is 2.11. The minimum Gasteiger partial charge on any atom is -0.744 e. The minimum atomic E-state index is -4.22. The third-order valence-electron chi connectivity index (χ3n) is 3.14. The van der Waals surface area contributed by atoms with Gasteiger partial charge in [0.25, 0.3) is 10.0 Å². The molecule has 0 aliphatic heterocycles. The van der Waals surface area contributed by atoms with Crippen LogP contribution in [-0.4, -0.2) is 13.4 Å². The van der Waals surface area contributed by atoms with Crippen molar-refractivity contribution in [3.8, 4) is 0 Å². The summed E-state index contributed by atoms with van der Waals surface area (Å²) in [5.41, 5.74) is 0.337. The van der Waals surface area contributed by atoms with Gasteiger partial charge >= 0.3 is 0 Å². The highest BCUT2D eigenvalue weighted by atomic mass is 79.9. The van der Waals surface area contributed by atoms with Gasteiger partial charge in [0.2, 0.25) is 0 Å². The van der Waals surface area contributed by atoms with E-state index in [0.29, 0.717) is 15.4 Å². The predicted molar refractivity (Wildman–Crippen MR) is 88.9 cm³/mol. The van der Waals surface area contributed by atoms with E-state index in [2.05, 4.69) is 20.9 Å². The number of aromatic nitrogens is 1. The van der Waals surface area contributed by atoms with Crippen molar-refractivity contribution >= 4 is 42.5 Å². The van der Waals surface area contributed by atoms with Crippen LogP contribution in [0.15, 0.2) is 70.2 Å². The molecule has 0 saturated heterocycles. The molecule has 0 aliphatic carbocycles. The van der Waals surface area contributed by atoms with E-state index in [-0.39, 0.29) is 15.1 Å². The van der Waals surface area contributed by atoms with Crippen LogP contribution in [0.2, 0.25) is 0 Å². The Balaban J connectivity index is 2.17. The first-order chi connectivity index (χ1) is 10.5. The van der Waals surface area contributed by atoms with Crippen molar-refractivity contribution in [3.63, 3.8) is 0 Å². The molecule has 0 spiro atoms. The Bertz CT molecular complexity index is 939. The Morgan fingerprint density at radius 3 is 2.50 bits per heavy atom. The summed E-state index contributed by atoms with van der Waals surface area (Å²) in [4.78, 5) is 4.03. The van der Waals surface area contributed by atoms with E-state index in [1.807, 2.05) is 0 Å². The van der Waals surface area contributed by atoms with Crippen molar-refractivity contribution in [2.24, 2.45) is 0 Å². The van der Waals surface area contributed by atoms with Crippen LogP contribution in [0.1, 0.15) is 0 Å². The molecule has 1 heterocycles. The topological polar surface area (TPSA) is 73.3 Å². The molecule has 7 heteroatoms. The smallest absolute Gasteiger partial charge is 0.255 e. The van der Waals surface area contributed by atoms with Gasteiger partial charge in [0.15, 0.2) is 0 Å². The molecular weight excluding hydrogens is 368 g/mol. The molecule has 0 atom stereocenters. The summed E-state index contributed by atoms with van der Waals surface area (Å²) in [5, 5.41) is 13.2. The molecule has 3 rings (SSSR count). The van der Waals surface area contributed by atoms with Crippen molar-refractivity contribution in [1.82, 2.24) is 4.98 Å². The third kappa shape index (κ3) is 2.47. The molecule has 0 radical (unpaired) electrons. The zero-order valence-corrected chi connectivity index (χ0v) is 13.6. The number of halogens is 1. The maximum Gasteiger partial charge on any atom is 0.255 e. The zero-order chi connectivity index (χ0) is 15.7. The van der Waals surface area contributed by atoms with E-state index in [9.17, 15) is 13.6 Å². The van der Waals surface area contributed by atoms with E-state index in [4.69, 9.17) is 0 Å². The Morgan fingerprint density at radius 2 is 1.73 bits per heavy atom. The molecule has 112 valence electrons. The average Bonchev–Trinajstić information content (AvgIpc) is 2.54. The van der Waals surface area contributed by atoms with Crippen LogP contribution >= 0.6 is 15.9 Å². The van der Waals surface area contributed by atoms with Crippen molar-refractivity contribution in [3.05, 3.63) is 70.5 Å². The summed E-state index contributed by atoms with van der Waals surface area (Å²) >= 11 is 3.16. The van der Waals surface area contributed by atoms with E-state index >= 15 is 0 Å². The van der Waals surface area contributed by atoms with E-state index < -0.39 is 10.0 Å². The molecule has 0 fully saturated rings. The van der Waals surface area contributed by atoms with Gasteiger partial charge < -0.3 is 9.68 Å². The summed E-state index contributed by atoms with van der Waals surface area (Å²) in [6.07, 6.45) is 1.52. The standard InChI is InChI=1S/C15H10BrN2O3S/c16-12-7-1-2-9-14(12)22(20,21)18(19)13-8-3-5-11-6-4-10-17-15(11)13/h1-10H/q-1. The van der Waals surface area contributed by atoms with Gasteiger partial charge in [-0.2, -0.15) is 0 Å². The van der Waals surface area contributed by atoms with Gasteiger partial charge in [-0.1, -0.05) is 30.3 Å². The van der Waals surface area contributed by atoms with E-state index in [1.54, 1.807) is 42.5 Å². The minimum absolute atomic E-state index is 0.00569. The number of rotatable bonds is 3. The van der Waals surface area contributed by atoms with Crippen LogP contribution in [0.5, 0.6) is 0 Å². The van der Waals surface area contributed by atoms with Crippen molar-refractivity contribution in [1.29, 1.82) is 0 Å². The van der Waals surface area contributed by atoms with Gasteiger partial charge in [0, 0.05) is 16.1 Å². The first-order valence-electron chi connectivity index (χ1n) is 6.32. The van der Waals surface area contributed by atoms with Gasteiger partial charge in [-0.3, -0.25) is 4.98 Å². The average molecular weight is 378 g/mol. The molecule has 0 N–H and O–H groups in total. The number of fused-ring (bicyclic) bond motifs is 1. The van der Waals surface area contributed by atoms with Crippen molar-refractivity contribution in [2.75, 3.05) is 4.47 Å². The van der Waals surface area contributed by atoms with Gasteiger partial charge in [0.1, 0.15) is 4.90 Å². The van der Waals surface area contributed by atoms with E-state index in [0.717, 1.165) is 0 Å². The number of pyridine rings is 1. The summed E-state index contributed by atoms with van der Waals surface area (Å²) in [7, 11) is -4.22. The summed E-state index contributed by atoms with van der Waals surface area (Å²) < 4.78 is 25.5. The number of anilines is 1. The van der Waals surface area contributed by atoms with Gasteiger partial charge in [-0.05, 0) is 40.2 Å². The van der Waals surface area contributed by atoms with Gasteiger partial charge in [-0.15, -0.1) is 0 Å². The van der Waals surface area contributed by atoms with E-state index in [1.165, 1.54) is 18.3 Å². The third-order valence-corrected chi connectivity index (χ3v) is 5.64. The van der Waals surface area contributed by atoms with Crippen LogP contribution in [-0.2, 0) is 10.0 Å². The van der Waals surface area contributed by atoms with Crippen LogP contribution < -0.4 is 4.47 Å². The molecule has 5 nitrogen and oxygen atoms in total. The number of para-hydroxylation sites is 1. The number of nitrogens with zero attached hydrogens (tertiary/aromatic N) is 2. The molecule has 1 aromatic heterocycles. The lowest BCUT2D eigenvalue weighted by Crippen LogP contribution is -2.25. The number of benzene rings is 2. The van der Waals surface area contributed by atoms with Crippen molar-refractivity contribution < 1.29 is 8.42 Å². The number of sulfonamides is 1. The second kappa shape index (κ2) is 5.68.